The van der Waals surface area contributed by atoms with Crippen molar-refractivity contribution in [2.24, 2.45) is 7.05 Å². The number of carboxylic acids is 1. The van der Waals surface area contributed by atoms with E-state index in [1.165, 1.54) is 0 Å². The minimum atomic E-state index is -1.14. The van der Waals surface area contributed by atoms with E-state index in [2.05, 4.69) is 5.32 Å². The summed E-state index contributed by atoms with van der Waals surface area (Å²) in [6, 6.07) is 7.60. The van der Waals surface area contributed by atoms with Gasteiger partial charge in [-0.15, -0.1) is 0 Å². The Morgan fingerprint density at radius 1 is 1.38 bits per heavy atom. The van der Waals surface area contributed by atoms with Crippen molar-refractivity contribution in [3.05, 3.63) is 36.0 Å². The molecule has 0 aliphatic carbocycles. The molecule has 5 nitrogen and oxygen atoms in total. The standard InChI is InChI=1S/C15H16N2O3S/c1-17-8-11(10-4-2-3-5-12(10)17)13(18)16-15(14(19)20)6-7-21-9-15/h2-5,8H,6-7,9H2,1H3,(H,16,18)(H,19,20)/t15-/m1/s1. The number of aromatic nitrogens is 1. The van der Waals surface area contributed by atoms with Gasteiger partial charge < -0.3 is 15.0 Å². The molecule has 0 radical (unpaired) electrons. The topological polar surface area (TPSA) is 71.3 Å². The van der Waals surface area contributed by atoms with E-state index in [0.717, 1.165) is 16.7 Å². The van der Waals surface area contributed by atoms with E-state index in [1.54, 1.807) is 18.0 Å². The van der Waals surface area contributed by atoms with E-state index >= 15 is 0 Å². The van der Waals surface area contributed by atoms with Gasteiger partial charge in [-0.3, -0.25) is 4.79 Å². The highest BCUT2D eigenvalue weighted by atomic mass is 32.2. The van der Waals surface area contributed by atoms with Gasteiger partial charge in [0.1, 0.15) is 5.54 Å². The highest BCUT2D eigenvalue weighted by Gasteiger charge is 2.43. The van der Waals surface area contributed by atoms with Gasteiger partial charge >= 0.3 is 5.97 Å². The number of carbonyl (C=O) groups excluding carboxylic acids is 1. The van der Waals surface area contributed by atoms with Gasteiger partial charge in [0, 0.05) is 29.9 Å². The van der Waals surface area contributed by atoms with Gasteiger partial charge in [-0.25, -0.2) is 4.79 Å². The normalized spacial score (nSPS) is 21.6. The van der Waals surface area contributed by atoms with Crippen molar-refractivity contribution in [2.75, 3.05) is 11.5 Å². The van der Waals surface area contributed by atoms with E-state index in [9.17, 15) is 14.7 Å². The van der Waals surface area contributed by atoms with Gasteiger partial charge in [0.2, 0.25) is 0 Å². The summed E-state index contributed by atoms with van der Waals surface area (Å²) in [4.78, 5) is 24.1. The van der Waals surface area contributed by atoms with Gasteiger partial charge in [-0.1, -0.05) is 18.2 Å². The number of amides is 1. The molecule has 0 bridgehead atoms. The molecule has 110 valence electrons. The summed E-state index contributed by atoms with van der Waals surface area (Å²) in [5.74, 6) is -0.112. The highest BCUT2D eigenvalue weighted by Crippen LogP contribution is 2.29. The lowest BCUT2D eigenvalue weighted by molar-refractivity contribution is -0.143. The number of hydrogen-bond donors (Lipinski definition) is 2. The third-order valence-electron chi connectivity index (χ3n) is 3.93. The SMILES string of the molecule is Cn1cc(C(=O)N[C@]2(C(=O)O)CCSC2)c2ccccc21. The smallest absolute Gasteiger partial charge is 0.330 e. The Hall–Kier alpha value is -1.95. The van der Waals surface area contributed by atoms with Crippen molar-refractivity contribution in [2.45, 2.75) is 12.0 Å². The summed E-state index contributed by atoms with van der Waals surface area (Å²) >= 11 is 1.55. The zero-order valence-corrected chi connectivity index (χ0v) is 12.4. The first-order valence-corrected chi connectivity index (χ1v) is 7.87. The molecule has 1 amide bonds. The summed E-state index contributed by atoms with van der Waals surface area (Å²) in [5, 5.41) is 13.0. The number of aryl methyl sites for hydroxylation is 1. The number of nitrogens with zero attached hydrogens (tertiary/aromatic N) is 1. The molecule has 1 aliphatic rings. The monoisotopic (exact) mass is 304 g/mol. The molecule has 2 aromatic rings. The van der Waals surface area contributed by atoms with Crippen LogP contribution in [0.25, 0.3) is 10.9 Å². The Morgan fingerprint density at radius 3 is 2.81 bits per heavy atom. The van der Waals surface area contributed by atoms with Crippen molar-refractivity contribution in [3.63, 3.8) is 0 Å². The van der Waals surface area contributed by atoms with E-state index < -0.39 is 11.5 Å². The Morgan fingerprint density at radius 2 is 2.14 bits per heavy atom. The van der Waals surface area contributed by atoms with Crippen molar-refractivity contribution in [1.82, 2.24) is 9.88 Å². The first-order chi connectivity index (χ1) is 10.0. The second-order valence-corrected chi connectivity index (χ2v) is 6.42. The zero-order valence-electron chi connectivity index (χ0n) is 11.6. The number of aliphatic carboxylic acids is 1. The van der Waals surface area contributed by atoms with E-state index in [0.29, 0.717) is 17.7 Å². The highest BCUT2D eigenvalue weighted by molar-refractivity contribution is 7.99. The van der Waals surface area contributed by atoms with Gasteiger partial charge in [0.25, 0.3) is 5.91 Å². The summed E-state index contributed by atoms with van der Waals surface area (Å²) < 4.78 is 1.88. The molecule has 1 aromatic carbocycles. The van der Waals surface area contributed by atoms with Crippen LogP contribution < -0.4 is 5.32 Å². The van der Waals surface area contributed by atoms with Gasteiger partial charge in [0.05, 0.1) is 5.56 Å². The molecule has 6 heteroatoms. The van der Waals surface area contributed by atoms with Crippen LogP contribution in [0.3, 0.4) is 0 Å². The van der Waals surface area contributed by atoms with Crippen LogP contribution in [0.15, 0.2) is 30.5 Å². The van der Waals surface area contributed by atoms with Crippen LogP contribution >= 0.6 is 11.8 Å². The van der Waals surface area contributed by atoms with Crippen LogP contribution in [0.4, 0.5) is 0 Å². The maximum atomic E-state index is 12.5. The van der Waals surface area contributed by atoms with E-state index in [1.807, 2.05) is 35.9 Å². The third kappa shape index (κ3) is 2.29. The molecule has 1 fully saturated rings. The molecule has 1 atom stereocenters. The van der Waals surface area contributed by atoms with Gasteiger partial charge in [-0.2, -0.15) is 11.8 Å². The van der Waals surface area contributed by atoms with Crippen molar-refractivity contribution in [1.29, 1.82) is 0 Å². The Kier molecular flexibility index (Phi) is 3.41. The zero-order chi connectivity index (χ0) is 15.0. The molecular formula is C15H16N2O3S. The summed E-state index contributed by atoms with van der Waals surface area (Å²) in [6.07, 6.45) is 2.21. The van der Waals surface area contributed by atoms with Gasteiger partial charge in [-0.05, 0) is 18.2 Å². The number of benzene rings is 1. The molecule has 2 heterocycles. The second kappa shape index (κ2) is 5.11. The Labute approximate surface area is 126 Å². The number of rotatable bonds is 3. The fourth-order valence-electron chi connectivity index (χ4n) is 2.69. The molecule has 2 N–H and O–H groups in total. The van der Waals surface area contributed by atoms with E-state index in [-0.39, 0.29) is 5.91 Å². The minimum Gasteiger partial charge on any atom is -0.479 e. The van der Waals surface area contributed by atoms with Crippen molar-refractivity contribution in [3.8, 4) is 0 Å². The molecule has 0 unspecified atom stereocenters. The number of hydrogen-bond acceptors (Lipinski definition) is 3. The summed E-state index contributed by atoms with van der Waals surface area (Å²) in [7, 11) is 1.87. The van der Waals surface area contributed by atoms with Crippen LogP contribution in [0.1, 0.15) is 16.8 Å². The predicted octanol–water partition coefficient (Wildman–Crippen LogP) is 1.87. The second-order valence-electron chi connectivity index (χ2n) is 5.31. The quantitative estimate of drug-likeness (QED) is 0.908. The number of carbonyl (C=O) groups is 2. The van der Waals surface area contributed by atoms with Gasteiger partial charge in [0.15, 0.2) is 0 Å². The molecule has 0 spiro atoms. The average molecular weight is 304 g/mol. The fourth-order valence-corrected chi connectivity index (χ4v) is 4.02. The maximum absolute atomic E-state index is 12.5. The Balaban J connectivity index is 1.96. The average Bonchev–Trinajstić information content (AvgIpc) is 3.06. The fraction of sp³-hybridized carbons (Fsp3) is 0.333. The molecule has 3 rings (SSSR count). The van der Waals surface area contributed by atoms with Crippen LogP contribution in [-0.4, -0.2) is 38.6 Å². The van der Waals surface area contributed by atoms with Crippen molar-refractivity contribution >= 4 is 34.5 Å². The largest absolute Gasteiger partial charge is 0.479 e. The van der Waals surface area contributed by atoms with Crippen LogP contribution in [0.5, 0.6) is 0 Å². The Bertz CT molecular complexity index is 717. The maximum Gasteiger partial charge on any atom is 0.330 e. The van der Waals surface area contributed by atoms with Crippen LogP contribution in [0, 0.1) is 0 Å². The molecule has 1 aromatic heterocycles. The predicted molar refractivity (Wildman–Crippen MR) is 82.7 cm³/mol. The number of thioether (sulfide) groups is 1. The molecule has 1 saturated heterocycles. The first kappa shape index (κ1) is 14.0. The first-order valence-electron chi connectivity index (χ1n) is 6.71. The molecule has 21 heavy (non-hydrogen) atoms. The lowest BCUT2D eigenvalue weighted by Gasteiger charge is -2.24. The lowest BCUT2D eigenvalue weighted by Crippen LogP contribution is -2.54. The van der Waals surface area contributed by atoms with Crippen molar-refractivity contribution < 1.29 is 14.7 Å². The summed E-state index contributed by atoms with van der Waals surface area (Å²) in [6.45, 7) is 0. The molecule has 1 aliphatic heterocycles. The molecular weight excluding hydrogens is 288 g/mol. The molecule has 0 saturated carbocycles. The lowest BCUT2D eigenvalue weighted by atomic mass is 9.98. The number of fused-ring (bicyclic) bond motifs is 1. The minimum absolute atomic E-state index is 0.322. The number of nitrogens with one attached hydrogen (secondary N) is 1. The van der Waals surface area contributed by atoms with Crippen LogP contribution in [-0.2, 0) is 11.8 Å². The third-order valence-corrected chi connectivity index (χ3v) is 5.12. The van der Waals surface area contributed by atoms with E-state index in [4.69, 9.17) is 0 Å². The van der Waals surface area contributed by atoms with Crippen LogP contribution in [0.2, 0.25) is 0 Å². The number of carboxylic acid groups (broad SMARTS) is 1. The summed E-state index contributed by atoms with van der Waals surface area (Å²) in [5.41, 5.74) is 0.331. The number of para-hydroxylation sites is 1.